The fourth-order valence-corrected chi connectivity index (χ4v) is 3.98. The molecule has 1 fully saturated rings. The molecular weight excluding hydrogens is 419 g/mol. The maximum absolute atomic E-state index is 13.1. The third-order valence-electron chi connectivity index (χ3n) is 5.56. The smallest absolute Gasteiger partial charge is 0.369 e. The fourth-order valence-electron chi connectivity index (χ4n) is 3.98. The second kappa shape index (κ2) is 8.50. The lowest BCUT2D eigenvalue weighted by Crippen LogP contribution is -2.49. The van der Waals surface area contributed by atoms with Crippen molar-refractivity contribution < 1.29 is 13.2 Å². The molecular formula is C22H26F3N7. The zero-order valence-electron chi connectivity index (χ0n) is 18.3. The summed E-state index contributed by atoms with van der Waals surface area (Å²) in [6, 6.07) is 11.0. The van der Waals surface area contributed by atoms with E-state index in [-0.39, 0.29) is 11.6 Å². The summed E-state index contributed by atoms with van der Waals surface area (Å²) in [6.45, 7) is 8.54. The molecule has 0 unspecified atom stereocenters. The molecule has 0 aliphatic carbocycles. The van der Waals surface area contributed by atoms with E-state index in [2.05, 4.69) is 25.4 Å². The first-order valence-corrected chi connectivity index (χ1v) is 10.5. The van der Waals surface area contributed by atoms with E-state index in [1.54, 1.807) is 12.3 Å². The highest BCUT2D eigenvalue weighted by Gasteiger charge is 2.35. The maximum atomic E-state index is 13.1. The van der Waals surface area contributed by atoms with Gasteiger partial charge in [-0.25, -0.2) is 4.68 Å². The van der Waals surface area contributed by atoms with Gasteiger partial charge >= 0.3 is 6.18 Å². The van der Waals surface area contributed by atoms with Crippen molar-refractivity contribution in [2.75, 3.05) is 31.1 Å². The highest BCUT2D eigenvalue weighted by molar-refractivity contribution is 5.49. The van der Waals surface area contributed by atoms with Gasteiger partial charge in [0.15, 0.2) is 5.82 Å². The van der Waals surface area contributed by atoms with E-state index in [4.69, 9.17) is 0 Å². The molecule has 3 aromatic rings. The SMILES string of the molecule is CC(C)(C)n1nnnc1[C@H](c1ccccn1)N1CCN(c2cccc(C(F)(F)F)c2)CC1. The second-order valence-electron chi connectivity index (χ2n) is 8.85. The van der Waals surface area contributed by atoms with E-state index in [9.17, 15) is 13.2 Å². The van der Waals surface area contributed by atoms with Gasteiger partial charge in [-0.2, -0.15) is 13.2 Å². The summed E-state index contributed by atoms with van der Waals surface area (Å²) < 4.78 is 41.2. The van der Waals surface area contributed by atoms with Gasteiger partial charge in [-0.15, -0.1) is 5.10 Å². The summed E-state index contributed by atoms with van der Waals surface area (Å²) in [7, 11) is 0. The molecule has 10 heteroatoms. The van der Waals surface area contributed by atoms with Gasteiger partial charge in [-0.1, -0.05) is 12.1 Å². The van der Waals surface area contributed by atoms with Gasteiger partial charge in [0.1, 0.15) is 6.04 Å². The summed E-state index contributed by atoms with van der Waals surface area (Å²) in [5.74, 6) is 0.698. The lowest BCUT2D eigenvalue weighted by atomic mass is 10.1. The number of piperazine rings is 1. The molecule has 32 heavy (non-hydrogen) atoms. The van der Waals surface area contributed by atoms with E-state index < -0.39 is 11.7 Å². The Morgan fingerprint density at radius 1 is 0.938 bits per heavy atom. The van der Waals surface area contributed by atoms with E-state index in [1.807, 2.05) is 48.6 Å². The van der Waals surface area contributed by atoms with Crippen LogP contribution < -0.4 is 4.90 Å². The molecule has 7 nitrogen and oxygen atoms in total. The van der Waals surface area contributed by atoms with Crippen LogP contribution >= 0.6 is 0 Å². The van der Waals surface area contributed by atoms with Crippen molar-refractivity contribution in [2.24, 2.45) is 0 Å². The number of hydrogen-bond acceptors (Lipinski definition) is 6. The van der Waals surface area contributed by atoms with Crippen molar-refractivity contribution in [1.82, 2.24) is 30.1 Å². The number of pyridine rings is 1. The summed E-state index contributed by atoms with van der Waals surface area (Å²) in [5, 5.41) is 12.5. The lowest BCUT2D eigenvalue weighted by Gasteiger charge is -2.40. The van der Waals surface area contributed by atoms with Crippen LogP contribution in [0.5, 0.6) is 0 Å². The highest BCUT2D eigenvalue weighted by Crippen LogP contribution is 2.33. The Morgan fingerprint density at radius 3 is 2.31 bits per heavy atom. The monoisotopic (exact) mass is 445 g/mol. The molecule has 0 radical (unpaired) electrons. The number of alkyl halides is 3. The van der Waals surface area contributed by atoms with Gasteiger partial charge in [0.25, 0.3) is 0 Å². The summed E-state index contributed by atoms with van der Waals surface area (Å²) in [5.41, 5.74) is 0.466. The van der Waals surface area contributed by atoms with Gasteiger partial charge < -0.3 is 4.90 Å². The number of anilines is 1. The molecule has 4 rings (SSSR count). The number of rotatable bonds is 4. The highest BCUT2D eigenvalue weighted by atomic mass is 19.4. The Labute approximate surface area is 184 Å². The zero-order valence-corrected chi connectivity index (χ0v) is 18.3. The molecule has 0 spiro atoms. The van der Waals surface area contributed by atoms with Crippen molar-refractivity contribution in [3.63, 3.8) is 0 Å². The van der Waals surface area contributed by atoms with Gasteiger partial charge in [0, 0.05) is 38.1 Å². The Hall–Kier alpha value is -3.01. The van der Waals surface area contributed by atoms with Crippen LogP contribution in [0.3, 0.4) is 0 Å². The molecule has 2 aromatic heterocycles. The standard InChI is InChI=1S/C22H26F3N7/c1-21(2,3)32-20(27-28-29-32)19(18-9-4-5-10-26-18)31-13-11-30(12-14-31)17-8-6-7-16(15-17)22(23,24)25/h4-10,15,19H,11-14H2,1-3H3/t19-/m0/s1. The Kier molecular flexibility index (Phi) is 5.89. The lowest BCUT2D eigenvalue weighted by molar-refractivity contribution is -0.137. The number of tetrazole rings is 1. The predicted molar refractivity (Wildman–Crippen MR) is 114 cm³/mol. The molecule has 0 bridgehead atoms. The van der Waals surface area contributed by atoms with Crippen LogP contribution in [0.25, 0.3) is 0 Å². The minimum atomic E-state index is -4.36. The Bertz CT molecular complexity index is 1040. The molecule has 1 atom stereocenters. The number of halogens is 3. The van der Waals surface area contributed by atoms with Gasteiger partial charge in [-0.05, 0) is 61.5 Å². The first-order valence-electron chi connectivity index (χ1n) is 10.5. The largest absolute Gasteiger partial charge is 0.416 e. The summed E-state index contributed by atoms with van der Waals surface area (Å²) in [6.07, 6.45) is -2.61. The first-order chi connectivity index (χ1) is 15.1. The third-order valence-corrected chi connectivity index (χ3v) is 5.56. The van der Waals surface area contributed by atoms with Crippen molar-refractivity contribution >= 4 is 5.69 Å². The molecule has 1 aromatic carbocycles. The molecule has 0 amide bonds. The van der Waals surface area contributed by atoms with Gasteiger partial charge in [-0.3, -0.25) is 9.88 Å². The third kappa shape index (κ3) is 4.59. The molecule has 1 aliphatic heterocycles. The van der Waals surface area contributed by atoms with E-state index >= 15 is 0 Å². The van der Waals surface area contributed by atoms with E-state index in [0.29, 0.717) is 37.7 Å². The molecule has 0 N–H and O–H groups in total. The van der Waals surface area contributed by atoms with Crippen LogP contribution in [0.15, 0.2) is 48.7 Å². The van der Waals surface area contributed by atoms with Crippen LogP contribution in [0.2, 0.25) is 0 Å². The molecule has 170 valence electrons. The minimum absolute atomic E-state index is 0.255. The quantitative estimate of drug-likeness (QED) is 0.610. The van der Waals surface area contributed by atoms with Crippen LogP contribution in [0.4, 0.5) is 18.9 Å². The Morgan fingerprint density at radius 2 is 1.69 bits per heavy atom. The van der Waals surface area contributed by atoms with Crippen LogP contribution in [0.1, 0.15) is 43.9 Å². The second-order valence-corrected chi connectivity index (χ2v) is 8.85. The van der Waals surface area contributed by atoms with E-state index in [0.717, 1.165) is 11.8 Å². The minimum Gasteiger partial charge on any atom is -0.369 e. The summed E-state index contributed by atoms with van der Waals surface area (Å²) in [4.78, 5) is 8.78. The summed E-state index contributed by atoms with van der Waals surface area (Å²) >= 11 is 0. The molecule has 0 saturated carbocycles. The maximum Gasteiger partial charge on any atom is 0.416 e. The number of nitrogens with zero attached hydrogens (tertiary/aromatic N) is 7. The topological polar surface area (TPSA) is 63.0 Å². The number of aromatic nitrogens is 5. The number of benzene rings is 1. The fraction of sp³-hybridized carbons (Fsp3) is 0.455. The normalized spacial score (nSPS) is 16.9. The van der Waals surface area contributed by atoms with Crippen LogP contribution in [-0.2, 0) is 11.7 Å². The molecule has 1 saturated heterocycles. The van der Waals surface area contributed by atoms with Crippen molar-refractivity contribution in [2.45, 2.75) is 38.5 Å². The zero-order chi connectivity index (χ0) is 22.9. The van der Waals surface area contributed by atoms with Gasteiger partial charge in [0.05, 0.1) is 16.8 Å². The van der Waals surface area contributed by atoms with E-state index in [1.165, 1.54) is 12.1 Å². The van der Waals surface area contributed by atoms with Crippen LogP contribution in [-0.4, -0.2) is 56.3 Å². The van der Waals surface area contributed by atoms with Gasteiger partial charge in [0.2, 0.25) is 0 Å². The van der Waals surface area contributed by atoms with Crippen LogP contribution in [0, 0.1) is 0 Å². The number of hydrogen-bond donors (Lipinski definition) is 0. The first kappa shape index (κ1) is 22.2. The molecule has 1 aliphatic rings. The van der Waals surface area contributed by atoms with Crippen molar-refractivity contribution in [3.8, 4) is 0 Å². The van der Waals surface area contributed by atoms with Crippen molar-refractivity contribution in [3.05, 3.63) is 65.7 Å². The average Bonchev–Trinajstić information content (AvgIpc) is 3.25. The predicted octanol–water partition coefficient (Wildman–Crippen LogP) is 3.75. The van der Waals surface area contributed by atoms with Crippen molar-refractivity contribution in [1.29, 1.82) is 0 Å². The molecule has 3 heterocycles. The average molecular weight is 445 g/mol. The Balaban J connectivity index is 1.59.